The summed E-state index contributed by atoms with van der Waals surface area (Å²) in [5, 5.41) is 3.34. The Labute approximate surface area is 107 Å². The van der Waals surface area contributed by atoms with E-state index in [9.17, 15) is 0 Å². The van der Waals surface area contributed by atoms with E-state index >= 15 is 0 Å². The SMILES string of the molecule is CCOc1ccc(Nc2nccn2C2CC2)cc1. The van der Waals surface area contributed by atoms with Crippen LogP contribution >= 0.6 is 0 Å². The Bertz CT molecular complexity index is 514. The van der Waals surface area contributed by atoms with E-state index in [1.165, 1.54) is 12.8 Å². The summed E-state index contributed by atoms with van der Waals surface area (Å²) >= 11 is 0. The van der Waals surface area contributed by atoms with Crippen molar-refractivity contribution in [2.24, 2.45) is 0 Å². The van der Waals surface area contributed by atoms with Gasteiger partial charge < -0.3 is 14.6 Å². The van der Waals surface area contributed by atoms with E-state index < -0.39 is 0 Å². The minimum Gasteiger partial charge on any atom is -0.494 e. The molecule has 1 saturated carbocycles. The number of hydrogen-bond donors (Lipinski definition) is 1. The number of aromatic nitrogens is 2. The summed E-state index contributed by atoms with van der Waals surface area (Å²) in [6.45, 7) is 2.68. The predicted molar refractivity (Wildman–Crippen MR) is 71.4 cm³/mol. The lowest BCUT2D eigenvalue weighted by molar-refractivity contribution is 0.340. The zero-order chi connectivity index (χ0) is 12.4. The van der Waals surface area contributed by atoms with Crippen molar-refractivity contribution in [1.29, 1.82) is 0 Å². The van der Waals surface area contributed by atoms with E-state index in [1.54, 1.807) is 0 Å². The maximum absolute atomic E-state index is 5.42. The summed E-state index contributed by atoms with van der Waals surface area (Å²) < 4.78 is 7.62. The van der Waals surface area contributed by atoms with Crippen molar-refractivity contribution in [2.75, 3.05) is 11.9 Å². The van der Waals surface area contributed by atoms with Crippen LogP contribution < -0.4 is 10.1 Å². The van der Waals surface area contributed by atoms with Gasteiger partial charge in [-0.05, 0) is 44.0 Å². The van der Waals surface area contributed by atoms with Crippen molar-refractivity contribution >= 4 is 11.6 Å². The van der Waals surface area contributed by atoms with Crippen LogP contribution in [-0.4, -0.2) is 16.2 Å². The second kappa shape index (κ2) is 4.72. The van der Waals surface area contributed by atoms with Crippen molar-refractivity contribution < 1.29 is 4.74 Å². The average molecular weight is 243 g/mol. The third kappa shape index (κ3) is 2.32. The summed E-state index contributed by atoms with van der Waals surface area (Å²) in [5.74, 6) is 1.82. The molecule has 2 aromatic rings. The molecule has 4 heteroatoms. The third-order valence-electron chi connectivity index (χ3n) is 3.03. The van der Waals surface area contributed by atoms with Crippen LogP contribution in [0.3, 0.4) is 0 Å². The normalized spacial score (nSPS) is 14.5. The van der Waals surface area contributed by atoms with E-state index in [-0.39, 0.29) is 0 Å². The van der Waals surface area contributed by atoms with E-state index in [1.807, 2.05) is 43.6 Å². The van der Waals surface area contributed by atoms with Crippen LogP contribution in [0.1, 0.15) is 25.8 Å². The molecule has 0 atom stereocenters. The zero-order valence-electron chi connectivity index (χ0n) is 10.5. The number of nitrogens with one attached hydrogen (secondary N) is 1. The Morgan fingerprint density at radius 1 is 1.33 bits per heavy atom. The Kier molecular flexibility index (Phi) is 2.92. The maximum atomic E-state index is 5.42. The fraction of sp³-hybridized carbons (Fsp3) is 0.357. The van der Waals surface area contributed by atoms with Gasteiger partial charge in [0.1, 0.15) is 5.75 Å². The first-order valence-corrected chi connectivity index (χ1v) is 6.39. The molecule has 1 aliphatic carbocycles. The lowest BCUT2D eigenvalue weighted by atomic mass is 10.3. The number of benzene rings is 1. The maximum Gasteiger partial charge on any atom is 0.207 e. The van der Waals surface area contributed by atoms with E-state index in [0.29, 0.717) is 12.6 Å². The number of imidazole rings is 1. The van der Waals surface area contributed by atoms with Gasteiger partial charge in [0.2, 0.25) is 5.95 Å². The summed E-state index contributed by atoms with van der Waals surface area (Å²) in [6.07, 6.45) is 6.40. The number of rotatable bonds is 5. The van der Waals surface area contributed by atoms with Crippen LogP contribution in [0.15, 0.2) is 36.7 Å². The second-order valence-corrected chi connectivity index (χ2v) is 4.47. The summed E-state index contributed by atoms with van der Waals surface area (Å²) in [7, 11) is 0. The third-order valence-corrected chi connectivity index (χ3v) is 3.03. The fourth-order valence-electron chi connectivity index (χ4n) is 1.99. The van der Waals surface area contributed by atoms with Gasteiger partial charge in [-0.15, -0.1) is 0 Å². The van der Waals surface area contributed by atoms with Crippen LogP contribution in [-0.2, 0) is 0 Å². The largest absolute Gasteiger partial charge is 0.494 e. The molecule has 1 heterocycles. The van der Waals surface area contributed by atoms with E-state index in [0.717, 1.165) is 17.4 Å². The number of anilines is 2. The van der Waals surface area contributed by atoms with Crippen molar-refractivity contribution in [1.82, 2.24) is 9.55 Å². The van der Waals surface area contributed by atoms with Gasteiger partial charge in [-0.1, -0.05) is 0 Å². The lowest BCUT2D eigenvalue weighted by Gasteiger charge is -2.09. The molecule has 0 radical (unpaired) electrons. The highest BCUT2D eigenvalue weighted by atomic mass is 16.5. The molecular weight excluding hydrogens is 226 g/mol. The first kappa shape index (κ1) is 11.1. The van der Waals surface area contributed by atoms with Crippen molar-refractivity contribution in [3.8, 4) is 5.75 Å². The summed E-state index contributed by atoms with van der Waals surface area (Å²) in [4.78, 5) is 4.35. The van der Waals surface area contributed by atoms with Crippen LogP contribution in [0.5, 0.6) is 5.75 Å². The monoisotopic (exact) mass is 243 g/mol. The standard InChI is InChI=1S/C14H17N3O/c1-2-18-13-7-3-11(4-8-13)16-14-15-9-10-17(14)12-5-6-12/h3-4,7-10,12H,2,5-6H2,1H3,(H,15,16). The van der Waals surface area contributed by atoms with Gasteiger partial charge in [-0.25, -0.2) is 4.98 Å². The molecule has 0 aliphatic heterocycles. The Balaban J connectivity index is 1.73. The Morgan fingerprint density at radius 2 is 2.11 bits per heavy atom. The number of hydrogen-bond acceptors (Lipinski definition) is 3. The van der Waals surface area contributed by atoms with Gasteiger partial charge in [-0.2, -0.15) is 0 Å². The summed E-state index contributed by atoms with van der Waals surface area (Å²) in [6, 6.07) is 8.60. The first-order valence-electron chi connectivity index (χ1n) is 6.39. The highest BCUT2D eigenvalue weighted by Crippen LogP contribution is 2.37. The number of nitrogens with zero attached hydrogens (tertiary/aromatic N) is 2. The Hall–Kier alpha value is -1.97. The molecule has 4 nitrogen and oxygen atoms in total. The molecule has 1 N–H and O–H groups in total. The lowest BCUT2D eigenvalue weighted by Crippen LogP contribution is -2.01. The first-order chi connectivity index (χ1) is 8.86. The average Bonchev–Trinajstić information content (AvgIpc) is 3.13. The molecular formula is C14H17N3O. The van der Waals surface area contributed by atoms with Crippen LogP contribution in [0.25, 0.3) is 0 Å². The smallest absolute Gasteiger partial charge is 0.207 e. The topological polar surface area (TPSA) is 39.1 Å². The van der Waals surface area contributed by atoms with Gasteiger partial charge >= 0.3 is 0 Å². The van der Waals surface area contributed by atoms with Crippen LogP contribution in [0.4, 0.5) is 11.6 Å². The van der Waals surface area contributed by atoms with Crippen LogP contribution in [0, 0.1) is 0 Å². The molecule has 0 bridgehead atoms. The molecule has 0 spiro atoms. The Morgan fingerprint density at radius 3 is 2.78 bits per heavy atom. The van der Waals surface area contributed by atoms with Gasteiger partial charge in [0.25, 0.3) is 0 Å². The second-order valence-electron chi connectivity index (χ2n) is 4.47. The van der Waals surface area contributed by atoms with Crippen molar-refractivity contribution in [3.05, 3.63) is 36.7 Å². The predicted octanol–water partition coefficient (Wildman–Crippen LogP) is 3.36. The van der Waals surface area contributed by atoms with E-state index in [4.69, 9.17) is 4.74 Å². The van der Waals surface area contributed by atoms with Crippen molar-refractivity contribution in [2.45, 2.75) is 25.8 Å². The summed E-state index contributed by atoms with van der Waals surface area (Å²) in [5.41, 5.74) is 1.03. The van der Waals surface area contributed by atoms with Gasteiger partial charge in [0.05, 0.1) is 6.61 Å². The molecule has 0 unspecified atom stereocenters. The minimum atomic E-state index is 0.637. The highest BCUT2D eigenvalue weighted by Gasteiger charge is 2.25. The molecule has 18 heavy (non-hydrogen) atoms. The number of ether oxygens (including phenoxy) is 1. The fourth-order valence-corrected chi connectivity index (χ4v) is 1.99. The molecule has 0 amide bonds. The highest BCUT2D eigenvalue weighted by molar-refractivity contribution is 5.55. The molecule has 94 valence electrons. The molecule has 3 rings (SSSR count). The quantitative estimate of drug-likeness (QED) is 0.875. The van der Waals surface area contributed by atoms with Gasteiger partial charge in [0.15, 0.2) is 0 Å². The minimum absolute atomic E-state index is 0.637. The van der Waals surface area contributed by atoms with Gasteiger partial charge in [-0.3, -0.25) is 0 Å². The molecule has 1 aromatic heterocycles. The van der Waals surface area contributed by atoms with E-state index in [2.05, 4.69) is 14.9 Å². The van der Waals surface area contributed by atoms with Crippen molar-refractivity contribution in [3.63, 3.8) is 0 Å². The molecule has 1 fully saturated rings. The molecule has 1 aliphatic rings. The molecule has 0 saturated heterocycles. The zero-order valence-corrected chi connectivity index (χ0v) is 10.5. The molecule has 1 aromatic carbocycles. The van der Waals surface area contributed by atoms with Gasteiger partial charge in [0, 0.05) is 24.1 Å². The van der Waals surface area contributed by atoms with Crippen LogP contribution in [0.2, 0.25) is 0 Å².